The summed E-state index contributed by atoms with van der Waals surface area (Å²) in [4.78, 5) is 18.3. The van der Waals surface area contributed by atoms with Crippen molar-refractivity contribution < 1.29 is 9.53 Å². The number of aromatic nitrogens is 1. The quantitative estimate of drug-likeness (QED) is 0.227. The van der Waals surface area contributed by atoms with Gasteiger partial charge in [-0.1, -0.05) is 111 Å². The number of Topliss-reactive ketones (excluding diaryl/α,β-unsaturated/α-hetero) is 1. The summed E-state index contributed by atoms with van der Waals surface area (Å²) in [6.45, 7) is 26.3. The molecule has 0 radical (unpaired) electrons. The Morgan fingerprint density at radius 1 is 1.05 bits per heavy atom. The Hall–Kier alpha value is -2.85. The van der Waals surface area contributed by atoms with Gasteiger partial charge in [-0.2, -0.15) is 0 Å². The van der Waals surface area contributed by atoms with Crippen LogP contribution in [0.2, 0.25) is 5.02 Å². The van der Waals surface area contributed by atoms with E-state index in [1.165, 1.54) is 43.2 Å². The highest BCUT2D eigenvalue weighted by Crippen LogP contribution is 2.39. The van der Waals surface area contributed by atoms with Crippen molar-refractivity contribution in [3.8, 4) is 0 Å². The molecule has 2 aromatic rings. The first-order valence-corrected chi connectivity index (χ1v) is 16.9. The SMILES string of the molecule is C=C(OC(C)C)N(C)C1CCCCC1.CC.CC.CC(=O)c1ccc(C2=CC(C)C(c3ccnc(C(C)(C)C)c3)=C2)c(Cl)c1. The molecule has 2 aliphatic carbocycles. The highest BCUT2D eigenvalue weighted by Gasteiger charge is 2.22. The lowest BCUT2D eigenvalue weighted by Crippen LogP contribution is -2.34. The average Bonchev–Trinajstić information content (AvgIpc) is 3.39. The van der Waals surface area contributed by atoms with Crippen molar-refractivity contribution in [3.05, 3.63) is 88.5 Å². The maximum atomic E-state index is 11.5. The zero-order valence-electron chi connectivity index (χ0n) is 29.7. The first kappa shape index (κ1) is 39.2. The number of carbonyl (C=O) groups is 1. The summed E-state index contributed by atoms with van der Waals surface area (Å²) in [5.74, 6) is 1.14. The Morgan fingerprint density at radius 2 is 1.66 bits per heavy atom. The zero-order valence-corrected chi connectivity index (χ0v) is 30.4. The van der Waals surface area contributed by atoms with E-state index in [-0.39, 0.29) is 17.3 Å². The molecule has 4 rings (SSSR count). The number of halogens is 1. The molecular formula is C39H59ClN2O2. The van der Waals surface area contributed by atoms with E-state index in [0.29, 0.717) is 22.5 Å². The molecule has 0 bridgehead atoms. The third-order valence-electron chi connectivity index (χ3n) is 7.67. The van der Waals surface area contributed by atoms with Crippen LogP contribution in [0, 0.1) is 5.92 Å². The lowest BCUT2D eigenvalue weighted by molar-refractivity contribution is 0.0565. The van der Waals surface area contributed by atoms with Gasteiger partial charge in [-0.25, -0.2) is 0 Å². The van der Waals surface area contributed by atoms with Gasteiger partial charge in [-0.15, -0.1) is 0 Å². The summed E-state index contributed by atoms with van der Waals surface area (Å²) >= 11 is 6.45. The Bertz CT molecular complexity index is 1260. The molecular weight excluding hydrogens is 564 g/mol. The minimum absolute atomic E-state index is 0.0144. The van der Waals surface area contributed by atoms with E-state index in [0.717, 1.165) is 22.7 Å². The summed E-state index contributed by atoms with van der Waals surface area (Å²) in [5, 5.41) is 0.610. The molecule has 1 fully saturated rings. The van der Waals surface area contributed by atoms with E-state index >= 15 is 0 Å². The lowest BCUT2D eigenvalue weighted by Gasteiger charge is -2.34. The Kier molecular flexibility index (Phi) is 16.8. The van der Waals surface area contributed by atoms with Crippen LogP contribution < -0.4 is 0 Å². The molecule has 1 atom stereocenters. The van der Waals surface area contributed by atoms with Crippen molar-refractivity contribution >= 4 is 28.5 Å². The first-order valence-electron chi connectivity index (χ1n) is 16.6. The first-order chi connectivity index (χ1) is 20.8. The van der Waals surface area contributed by atoms with E-state index in [2.05, 4.69) is 75.5 Å². The summed E-state index contributed by atoms with van der Waals surface area (Å²) in [6.07, 6.45) is 13.2. The standard InChI is InChI=1S/C23H24ClNO.C12H23NO.2C2H6/c1-14-10-18(19-7-6-16(15(2)26)12-21(19)24)11-20(14)17-8-9-25-22(13-17)23(3,4)5;1-10(2)14-11(3)13(4)12-8-6-5-7-9-12;2*1-2/h6-14H,1-5H3;10,12H,3,5-9H2,1-2,4H3;2*1-2H3. The molecule has 1 saturated carbocycles. The molecule has 244 valence electrons. The third-order valence-corrected chi connectivity index (χ3v) is 7.98. The molecule has 1 heterocycles. The molecule has 0 saturated heterocycles. The number of rotatable bonds is 7. The van der Waals surface area contributed by atoms with E-state index in [4.69, 9.17) is 16.3 Å². The van der Waals surface area contributed by atoms with Gasteiger partial charge in [0.2, 0.25) is 0 Å². The van der Waals surface area contributed by atoms with Gasteiger partial charge in [0.15, 0.2) is 11.7 Å². The third kappa shape index (κ3) is 11.6. The molecule has 1 aromatic heterocycles. The van der Waals surface area contributed by atoms with Crippen LogP contribution in [0.1, 0.15) is 135 Å². The van der Waals surface area contributed by atoms with Gasteiger partial charge in [-0.3, -0.25) is 9.78 Å². The lowest BCUT2D eigenvalue weighted by atomic mass is 9.88. The number of hydrogen-bond donors (Lipinski definition) is 0. The van der Waals surface area contributed by atoms with Gasteiger partial charge in [0, 0.05) is 52.5 Å². The van der Waals surface area contributed by atoms with Gasteiger partial charge < -0.3 is 9.64 Å². The van der Waals surface area contributed by atoms with Crippen LogP contribution in [0.25, 0.3) is 11.1 Å². The monoisotopic (exact) mass is 622 g/mol. The van der Waals surface area contributed by atoms with Gasteiger partial charge in [-0.05, 0) is 75.1 Å². The van der Waals surface area contributed by atoms with Gasteiger partial charge in [0.05, 0.1) is 6.10 Å². The minimum Gasteiger partial charge on any atom is -0.477 e. The molecule has 2 aliphatic rings. The number of ether oxygens (including phenoxy) is 1. The van der Waals surface area contributed by atoms with Crippen molar-refractivity contribution in [2.75, 3.05) is 7.05 Å². The van der Waals surface area contributed by atoms with Gasteiger partial charge >= 0.3 is 0 Å². The van der Waals surface area contributed by atoms with Crippen LogP contribution in [-0.4, -0.2) is 34.9 Å². The molecule has 5 heteroatoms. The fourth-order valence-corrected chi connectivity index (χ4v) is 5.53. The Labute approximate surface area is 274 Å². The second-order valence-corrected chi connectivity index (χ2v) is 12.8. The molecule has 0 spiro atoms. The summed E-state index contributed by atoms with van der Waals surface area (Å²) in [7, 11) is 2.10. The summed E-state index contributed by atoms with van der Waals surface area (Å²) < 4.78 is 5.60. The number of benzene rings is 1. The normalized spacial score (nSPS) is 16.2. The van der Waals surface area contributed by atoms with Crippen LogP contribution in [0.5, 0.6) is 0 Å². The molecule has 1 aromatic carbocycles. The highest BCUT2D eigenvalue weighted by atomic mass is 35.5. The van der Waals surface area contributed by atoms with E-state index < -0.39 is 0 Å². The number of ketones is 1. The molecule has 0 amide bonds. The summed E-state index contributed by atoms with van der Waals surface area (Å²) in [6, 6.07) is 10.4. The number of allylic oxidation sites excluding steroid dienone is 4. The number of pyridine rings is 1. The van der Waals surface area contributed by atoms with E-state index in [1.807, 2.05) is 59.9 Å². The maximum Gasteiger partial charge on any atom is 0.182 e. The highest BCUT2D eigenvalue weighted by molar-refractivity contribution is 6.33. The second kappa shape index (κ2) is 18.8. The zero-order chi connectivity index (χ0) is 33.6. The van der Waals surface area contributed by atoms with Crippen molar-refractivity contribution in [3.63, 3.8) is 0 Å². The van der Waals surface area contributed by atoms with Crippen LogP contribution in [0.15, 0.2) is 61.1 Å². The van der Waals surface area contributed by atoms with Gasteiger partial charge in [0.25, 0.3) is 0 Å². The fraction of sp³-hybridized carbons (Fsp3) is 0.538. The molecule has 4 nitrogen and oxygen atoms in total. The minimum atomic E-state index is 0.0144. The predicted molar refractivity (Wildman–Crippen MR) is 192 cm³/mol. The largest absolute Gasteiger partial charge is 0.477 e. The Balaban J connectivity index is 0.000000455. The van der Waals surface area contributed by atoms with Gasteiger partial charge in [0.1, 0.15) is 0 Å². The fourth-order valence-electron chi connectivity index (χ4n) is 5.24. The van der Waals surface area contributed by atoms with E-state index in [9.17, 15) is 4.79 Å². The molecule has 44 heavy (non-hydrogen) atoms. The van der Waals surface area contributed by atoms with Crippen molar-refractivity contribution in [1.29, 1.82) is 0 Å². The van der Waals surface area contributed by atoms with Crippen LogP contribution in [0.4, 0.5) is 0 Å². The molecule has 0 aliphatic heterocycles. The van der Waals surface area contributed by atoms with Crippen molar-refractivity contribution in [1.82, 2.24) is 9.88 Å². The van der Waals surface area contributed by atoms with E-state index in [1.54, 1.807) is 13.0 Å². The smallest absolute Gasteiger partial charge is 0.182 e. The number of nitrogens with zero attached hydrogens (tertiary/aromatic N) is 2. The average molecular weight is 623 g/mol. The number of carbonyl (C=O) groups excluding carboxylic acids is 1. The summed E-state index contributed by atoms with van der Waals surface area (Å²) in [5.41, 5.74) is 6.25. The maximum absolute atomic E-state index is 11.5. The van der Waals surface area contributed by atoms with Crippen molar-refractivity contribution in [2.24, 2.45) is 5.92 Å². The molecule has 1 unspecified atom stereocenters. The Morgan fingerprint density at radius 3 is 2.18 bits per heavy atom. The second-order valence-electron chi connectivity index (χ2n) is 12.4. The molecule has 0 N–H and O–H groups in total. The van der Waals surface area contributed by atoms with Crippen LogP contribution >= 0.6 is 11.6 Å². The van der Waals surface area contributed by atoms with Crippen molar-refractivity contribution in [2.45, 2.75) is 126 Å². The predicted octanol–water partition coefficient (Wildman–Crippen LogP) is 11.6. The topological polar surface area (TPSA) is 42.4 Å². The van der Waals surface area contributed by atoms with Crippen LogP contribution in [0.3, 0.4) is 0 Å². The number of hydrogen-bond acceptors (Lipinski definition) is 4. The van der Waals surface area contributed by atoms with Crippen LogP contribution in [-0.2, 0) is 10.2 Å².